The normalized spacial score (nSPS) is 11.7. The molecule has 2 aromatic carbocycles. The molecule has 0 spiro atoms. The maximum atomic E-state index is 12.3. The molecular formula is C22H20N8O4S2. The maximum absolute atomic E-state index is 12.3. The number of nitrogens with zero attached hydrogens (tertiary/aromatic N) is 7. The zero-order chi connectivity index (χ0) is 26.1. The molecular weight excluding hydrogens is 504 g/mol. The molecule has 0 fully saturated rings. The van der Waals surface area contributed by atoms with Crippen LogP contribution in [0, 0.1) is 11.3 Å². The molecule has 36 heavy (non-hydrogen) atoms. The summed E-state index contributed by atoms with van der Waals surface area (Å²) >= 11 is 0. The van der Waals surface area contributed by atoms with Crippen LogP contribution in [0.5, 0.6) is 0 Å². The molecule has 0 radical (unpaired) electrons. The van der Waals surface area contributed by atoms with Gasteiger partial charge < -0.3 is 5.73 Å². The van der Waals surface area contributed by atoms with Crippen molar-refractivity contribution in [3.05, 3.63) is 71.9 Å². The predicted octanol–water partition coefficient (Wildman–Crippen LogP) is 1.63. The Bertz CT molecular complexity index is 1680. The van der Waals surface area contributed by atoms with Gasteiger partial charge in [-0.3, -0.25) is 0 Å². The lowest BCUT2D eigenvalue weighted by molar-refractivity contribution is 0.590. The number of aromatic nitrogens is 5. The number of hydrogen-bond acceptors (Lipinski definition) is 10. The molecule has 0 aliphatic rings. The number of anilines is 2. The summed E-state index contributed by atoms with van der Waals surface area (Å²) in [6.45, 7) is 0.0301. The molecule has 0 atom stereocenters. The Morgan fingerprint density at radius 2 is 1.64 bits per heavy atom. The lowest BCUT2D eigenvalue weighted by Crippen LogP contribution is -2.36. The van der Waals surface area contributed by atoms with Gasteiger partial charge in [-0.1, -0.05) is 35.5 Å². The summed E-state index contributed by atoms with van der Waals surface area (Å²) in [6.07, 6.45) is 3.21. The van der Waals surface area contributed by atoms with E-state index >= 15 is 0 Å². The average Bonchev–Trinajstić information content (AvgIpc) is 3.27. The molecule has 184 valence electrons. The molecule has 2 N–H and O–H groups in total. The molecule has 0 saturated carbocycles. The zero-order valence-electron chi connectivity index (χ0n) is 19.1. The fraction of sp³-hybridized carbons (Fsp3) is 0.136. The lowest BCUT2D eigenvalue weighted by atomic mass is 10.1. The van der Waals surface area contributed by atoms with Crippen LogP contribution in [-0.4, -0.2) is 54.3 Å². The Balaban J connectivity index is 1.70. The summed E-state index contributed by atoms with van der Waals surface area (Å²) < 4.78 is 50.9. The van der Waals surface area contributed by atoms with E-state index in [-0.39, 0.29) is 18.2 Å². The summed E-state index contributed by atoms with van der Waals surface area (Å²) in [5.74, 6) is 0.00158. The van der Waals surface area contributed by atoms with Crippen molar-refractivity contribution < 1.29 is 16.8 Å². The Morgan fingerprint density at radius 3 is 2.33 bits per heavy atom. The Morgan fingerprint density at radius 1 is 0.944 bits per heavy atom. The number of nitrogens with two attached hydrogens (primary N) is 1. The highest BCUT2D eigenvalue weighted by Crippen LogP contribution is 2.27. The second-order valence-electron chi connectivity index (χ2n) is 7.84. The molecule has 2 heterocycles. The van der Waals surface area contributed by atoms with Crippen molar-refractivity contribution in [1.82, 2.24) is 25.0 Å². The van der Waals surface area contributed by atoms with Gasteiger partial charge in [-0.05, 0) is 29.8 Å². The third kappa shape index (κ3) is 5.32. The number of rotatable bonds is 7. The quantitative estimate of drug-likeness (QED) is 0.373. The minimum Gasteiger partial charge on any atom is -0.368 e. The topological polar surface area (TPSA) is 178 Å². The van der Waals surface area contributed by atoms with Crippen LogP contribution in [0.25, 0.3) is 22.6 Å². The van der Waals surface area contributed by atoms with Crippen molar-refractivity contribution >= 4 is 31.7 Å². The van der Waals surface area contributed by atoms with Gasteiger partial charge in [0.15, 0.2) is 0 Å². The SMILES string of the molecule is CS(=O)(=O)N(c1ccccc1Cn1cc(-c2cc(-c3cccc(C#N)c3)nc(N)n2)nn1)S(C)(=O)=O. The summed E-state index contributed by atoms with van der Waals surface area (Å²) in [5, 5.41) is 17.4. The van der Waals surface area contributed by atoms with E-state index in [0.717, 1.165) is 12.5 Å². The van der Waals surface area contributed by atoms with Crippen molar-refractivity contribution in [3.63, 3.8) is 0 Å². The van der Waals surface area contributed by atoms with Crippen molar-refractivity contribution in [2.75, 3.05) is 22.0 Å². The maximum Gasteiger partial charge on any atom is 0.245 e. The first kappa shape index (κ1) is 24.8. The second-order valence-corrected chi connectivity index (χ2v) is 11.7. The van der Waals surface area contributed by atoms with Gasteiger partial charge in [0.05, 0.1) is 54.0 Å². The van der Waals surface area contributed by atoms with Crippen LogP contribution in [-0.2, 0) is 26.6 Å². The van der Waals surface area contributed by atoms with Gasteiger partial charge in [0.2, 0.25) is 26.0 Å². The summed E-state index contributed by atoms with van der Waals surface area (Å²) in [7, 11) is -8.24. The monoisotopic (exact) mass is 524 g/mol. The highest BCUT2D eigenvalue weighted by Gasteiger charge is 2.29. The third-order valence-corrected chi connectivity index (χ3v) is 8.18. The zero-order valence-corrected chi connectivity index (χ0v) is 20.8. The van der Waals surface area contributed by atoms with E-state index in [1.54, 1.807) is 54.7 Å². The molecule has 2 aromatic heterocycles. The van der Waals surface area contributed by atoms with Gasteiger partial charge in [0.1, 0.15) is 5.69 Å². The van der Waals surface area contributed by atoms with E-state index in [0.29, 0.717) is 37.5 Å². The van der Waals surface area contributed by atoms with Crippen LogP contribution >= 0.6 is 0 Å². The van der Waals surface area contributed by atoms with Gasteiger partial charge in [-0.15, -0.1) is 5.10 Å². The van der Waals surface area contributed by atoms with Crippen molar-refractivity contribution in [2.45, 2.75) is 6.54 Å². The van der Waals surface area contributed by atoms with Gasteiger partial charge >= 0.3 is 0 Å². The van der Waals surface area contributed by atoms with E-state index in [1.165, 1.54) is 10.7 Å². The van der Waals surface area contributed by atoms with Crippen LogP contribution in [0.3, 0.4) is 0 Å². The first-order valence-electron chi connectivity index (χ1n) is 10.3. The van der Waals surface area contributed by atoms with Gasteiger partial charge in [-0.2, -0.15) is 8.97 Å². The molecule has 0 amide bonds. The molecule has 0 saturated heterocycles. The van der Waals surface area contributed by atoms with Crippen LogP contribution in [0.2, 0.25) is 0 Å². The lowest BCUT2D eigenvalue weighted by Gasteiger charge is -2.22. The minimum absolute atomic E-state index is 0.00158. The number of hydrogen-bond donors (Lipinski definition) is 1. The molecule has 12 nitrogen and oxygen atoms in total. The van der Waals surface area contributed by atoms with Gasteiger partial charge in [0.25, 0.3) is 0 Å². The van der Waals surface area contributed by atoms with E-state index < -0.39 is 20.0 Å². The summed E-state index contributed by atoms with van der Waals surface area (Å²) in [5.41, 5.74) is 8.67. The van der Waals surface area contributed by atoms with Crippen LogP contribution < -0.4 is 9.44 Å². The van der Waals surface area contributed by atoms with E-state index in [9.17, 15) is 16.8 Å². The number of benzene rings is 2. The summed E-state index contributed by atoms with van der Waals surface area (Å²) in [4.78, 5) is 8.46. The Kier molecular flexibility index (Phi) is 6.44. The highest BCUT2D eigenvalue weighted by atomic mass is 32.3. The molecule has 0 bridgehead atoms. The standard InChI is InChI=1S/C22H20N8O4S2/c1-35(31,32)30(36(2,33)34)21-9-4-3-7-17(21)13-29-14-20(27-28-29)19-11-18(25-22(24)26-19)16-8-5-6-15(10-16)12-23/h3-11,14H,13H2,1-2H3,(H2,24,25,26). The first-order valence-corrected chi connectivity index (χ1v) is 14.0. The number of para-hydroxylation sites is 1. The summed E-state index contributed by atoms with van der Waals surface area (Å²) in [6, 6.07) is 16.8. The van der Waals surface area contributed by atoms with E-state index in [4.69, 9.17) is 11.0 Å². The molecule has 14 heteroatoms. The van der Waals surface area contributed by atoms with Crippen molar-refractivity contribution in [3.8, 4) is 28.7 Å². The number of nitriles is 1. The third-order valence-electron chi connectivity index (χ3n) is 4.96. The smallest absolute Gasteiger partial charge is 0.245 e. The average molecular weight is 525 g/mol. The largest absolute Gasteiger partial charge is 0.368 e. The highest BCUT2D eigenvalue weighted by molar-refractivity contribution is 8.09. The Labute approximate surface area is 207 Å². The van der Waals surface area contributed by atoms with E-state index in [2.05, 4.69) is 26.3 Å². The molecule has 4 rings (SSSR count). The first-order chi connectivity index (χ1) is 17.0. The fourth-order valence-corrected chi connectivity index (χ4v) is 6.62. The Hall–Kier alpha value is -4.35. The second kappa shape index (κ2) is 9.36. The van der Waals surface area contributed by atoms with Crippen LogP contribution in [0.1, 0.15) is 11.1 Å². The molecule has 0 unspecified atom stereocenters. The number of nitrogen functional groups attached to an aromatic ring is 1. The molecule has 0 aliphatic carbocycles. The molecule has 0 aliphatic heterocycles. The fourth-order valence-electron chi connectivity index (χ4n) is 3.59. The minimum atomic E-state index is -4.12. The van der Waals surface area contributed by atoms with E-state index in [1.807, 2.05) is 0 Å². The molecule has 4 aromatic rings. The van der Waals surface area contributed by atoms with Crippen LogP contribution in [0.4, 0.5) is 11.6 Å². The number of sulfonamides is 2. The van der Waals surface area contributed by atoms with Crippen LogP contribution in [0.15, 0.2) is 60.8 Å². The van der Waals surface area contributed by atoms with Crippen molar-refractivity contribution in [1.29, 1.82) is 5.26 Å². The van der Waals surface area contributed by atoms with Gasteiger partial charge in [0, 0.05) is 5.56 Å². The van der Waals surface area contributed by atoms with Gasteiger partial charge in [-0.25, -0.2) is 31.5 Å². The van der Waals surface area contributed by atoms with Crippen molar-refractivity contribution in [2.24, 2.45) is 0 Å². The predicted molar refractivity (Wildman–Crippen MR) is 133 cm³/mol.